The van der Waals surface area contributed by atoms with Crippen molar-refractivity contribution in [3.63, 3.8) is 0 Å². The molecule has 0 amide bonds. The van der Waals surface area contributed by atoms with E-state index in [1.165, 1.54) is 0 Å². The Morgan fingerprint density at radius 2 is 0.550 bits per heavy atom. The first kappa shape index (κ1) is 43.2. The van der Waals surface area contributed by atoms with Crippen LogP contribution in [0.3, 0.4) is 0 Å². The van der Waals surface area contributed by atoms with Crippen molar-refractivity contribution >= 4 is 23.4 Å². The molecular weight excluding hydrogens is 888 g/mol. The number of hydrogen-bond acceptors (Lipinski definition) is 2. The highest BCUT2D eigenvalue weighted by molar-refractivity contribution is 6.66. The molecule has 0 aliphatic carbocycles. The van der Waals surface area contributed by atoms with E-state index in [-0.39, 0.29) is 12.1 Å². The van der Waals surface area contributed by atoms with Gasteiger partial charge in [0, 0.05) is 0 Å². The van der Waals surface area contributed by atoms with E-state index < -0.39 is 191 Å². The fraction of sp³-hybridized carbons (Fsp3) is 0. The van der Waals surface area contributed by atoms with Crippen LogP contribution in [0.15, 0.2) is 12.1 Å². The molecule has 0 unspecified atom stereocenters. The quantitative estimate of drug-likeness (QED) is 0.0688. The average molecular weight is 890 g/mol. The van der Waals surface area contributed by atoms with Crippen LogP contribution in [-0.4, -0.2) is 7.12 Å². The first-order valence-electron chi connectivity index (χ1n) is 14.9. The molecular formula is C34H2BF23O2. The summed E-state index contributed by atoms with van der Waals surface area (Å²) < 4.78 is 349. The van der Waals surface area contributed by atoms with Crippen molar-refractivity contribution in [2.45, 2.75) is 0 Å². The van der Waals surface area contributed by atoms with Gasteiger partial charge in [0.05, 0.1) is 33.1 Å². The molecule has 6 aromatic rings. The summed E-state index contributed by atoms with van der Waals surface area (Å²) in [6.07, 6.45) is 0. The normalized spacial score (nSPS) is 11.6. The Balaban J connectivity index is 1.81. The smallest absolute Gasteiger partial charge is 0.519 e. The predicted octanol–water partition coefficient (Wildman–Crippen LogP) is 11.2. The lowest BCUT2D eigenvalue weighted by Crippen LogP contribution is -2.46. The second kappa shape index (κ2) is 15.0. The molecule has 314 valence electrons. The zero-order valence-electron chi connectivity index (χ0n) is 27.2. The minimum absolute atomic E-state index is 0.0747. The molecule has 6 rings (SSSR count). The summed E-state index contributed by atoms with van der Waals surface area (Å²) in [7, 11) is -4.25. The van der Waals surface area contributed by atoms with Gasteiger partial charge in [-0.1, -0.05) is 6.07 Å². The fourth-order valence-electron chi connectivity index (χ4n) is 5.56. The largest absolute Gasteiger partial charge is 0.636 e. The van der Waals surface area contributed by atoms with Gasteiger partial charge in [-0.15, -0.1) is 0 Å². The second-order valence-corrected chi connectivity index (χ2v) is 11.5. The minimum atomic E-state index is -4.25. The molecule has 6 aromatic carbocycles. The van der Waals surface area contributed by atoms with Crippen LogP contribution in [-0.2, 0) is 0 Å². The molecule has 0 N–H and O–H groups in total. The average Bonchev–Trinajstić information content (AvgIpc) is 3.22. The number of benzene rings is 6. The van der Waals surface area contributed by atoms with Crippen LogP contribution in [0.2, 0.25) is 0 Å². The summed E-state index contributed by atoms with van der Waals surface area (Å²) in [4.78, 5) is 0. The number of rotatable bonds is 7. The van der Waals surface area contributed by atoms with Crippen LogP contribution < -0.4 is 14.8 Å². The van der Waals surface area contributed by atoms with Gasteiger partial charge in [-0.25, -0.2) is 92.2 Å². The summed E-state index contributed by atoms with van der Waals surface area (Å²) in [5.74, 6) is -77.3. The van der Waals surface area contributed by atoms with Gasteiger partial charge in [-0.05, 0) is 11.5 Å². The number of halogens is 23. The second-order valence-electron chi connectivity index (χ2n) is 11.5. The topological polar surface area (TPSA) is 18.5 Å². The third-order valence-electron chi connectivity index (χ3n) is 8.28. The van der Waals surface area contributed by atoms with Crippen molar-refractivity contribution in [2.75, 3.05) is 0 Å². The molecule has 0 bridgehead atoms. The highest BCUT2D eigenvalue weighted by Gasteiger charge is 2.44. The number of fused-ring (bicyclic) bond motifs is 1. The standard InChI is InChI=1S/C34H2BF23O2/c36-4-2-1-3-5(11(4)37)12(38)20(46)19(45)10(3)35(59-33-8(17(43)25(51)29(55)31(33)57)6-13(39)21(47)27(53)22(48)14(6)40)60-34-9(18(44)26(52)30(56)32(34)58)7-15(41)23(49)28(54)24(50)16(7)42/h1-2H. The summed E-state index contributed by atoms with van der Waals surface area (Å²) >= 11 is 0. The first-order valence-corrected chi connectivity index (χ1v) is 14.9. The van der Waals surface area contributed by atoms with Gasteiger partial charge in [0.2, 0.25) is 34.9 Å². The highest BCUT2D eigenvalue weighted by atomic mass is 19.2. The zero-order chi connectivity index (χ0) is 44.9. The van der Waals surface area contributed by atoms with Crippen LogP contribution in [0.1, 0.15) is 0 Å². The van der Waals surface area contributed by atoms with Crippen LogP contribution in [0, 0.1) is 134 Å². The fourth-order valence-corrected chi connectivity index (χ4v) is 5.56. The van der Waals surface area contributed by atoms with Crippen LogP contribution >= 0.6 is 0 Å². The Hall–Kier alpha value is -6.37. The molecule has 0 saturated carbocycles. The van der Waals surface area contributed by atoms with E-state index in [4.69, 9.17) is 0 Å². The van der Waals surface area contributed by atoms with E-state index in [0.29, 0.717) is 0 Å². The van der Waals surface area contributed by atoms with Gasteiger partial charge in [0.15, 0.2) is 110 Å². The van der Waals surface area contributed by atoms with Crippen LogP contribution in [0.25, 0.3) is 33.0 Å². The summed E-state index contributed by atoms with van der Waals surface area (Å²) in [6, 6.07) is -0.222. The van der Waals surface area contributed by atoms with E-state index in [9.17, 15) is 74.6 Å². The SMILES string of the molecule is Fc1ccc2c(B(Oc3c(F)c(F)c(F)c(F)c3-c3c(F)c(F)c(F)c(F)c3F)Oc3c(F)c(F)c(F)c(F)c3-c3c(F)c(F)c(F)c(F)c3F)c(F)c(F)c(F)c2c1F. The van der Waals surface area contributed by atoms with Crippen molar-refractivity contribution < 1.29 is 110 Å². The van der Waals surface area contributed by atoms with Gasteiger partial charge in [-0.3, -0.25) is 0 Å². The molecule has 0 atom stereocenters. The Bertz CT molecular complexity index is 2690. The van der Waals surface area contributed by atoms with Gasteiger partial charge < -0.3 is 9.31 Å². The monoisotopic (exact) mass is 890 g/mol. The molecule has 2 nitrogen and oxygen atoms in total. The lowest BCUT2D eigenvalue weighted by Gasteiger charge is -2.24. The van der Waals surface area contributed by atoms with Gasteiger partial charge in [-0.2, -0.15) is 8.78 Å². The molecule has 0 aliphatic rings. The molecule has 0 spiro atoms. The van der Waals surface area contributed by atoms with Crippen LogP contribution in [0.4, 0.5) is 101 Å². The van der Waals surface area contributed by atoms with Crippen molar-refractivity contribution in [1.29, 1.82) is 0 Å². The summed E-state index contributed by atoms with van der Waals surface area (Å²) in [5, 5.41) is -3.98. The van der Waals surface area contributed by atoms with Crippen molar-refractivity contribution in [2.24, 2.45) is 0 Å². The maximum Gasteiger partial charge on any atom is 0.636 e. The van der Waals surface area contributed by atoms with Crippen molar-refractivity contribution in [1.82, 2.24) is 0 Å². The minimum Gasteiger partial charge on any atom is -0.519 e. The van der Waals surface area contributed by atoms with Crippen LogP contribution in [0.5, 0.6) is 11.5 Å². The van der Waals surface area contributed by atoms with E-state index in [2.05, 4.69) is 9.31 Å². The first-order chi connectivity index (χ1) is 27.9. The Kier molecular flexibility index (Phi) is 10.8. The maximum atomic E-state index is 15.8. The Morgan fingerprint density at radius 3 is 0.900 bits per heavy atom. The molecule has 0 aliphatic heterocycles. The molecule has 0 radical (unpaired) electrons. The van der Waals surface area contributed by atoms with E-state index in [0.717, 1.165) is 0 Å². The van der Waals surface area contributed by atoms with Crippen molar-refractivity contribution in [3.8, 4) is 33.8 Å². The summed E-state index contributed by atoms with van der Waals surface area (Å²) in [6.45, 7) is 0. The predicted molar refractivity (Wildman–Crippen MR) is 153 cm³/mol. The zero-order valence-corrected chi connectivity index (χ0v) is 27.2. The molecule has 0 saturated heterocycles. The maximum absolute atomic E-state index is 15.8. The Labute approximate surface area is 313 Å². The molecule has 60 heavy (non-hydrogen) atoms. The summed E-state index contributed by atoms with van der Waals surface area (Å²) in [5.41, 5.74) is -13.9. The van der Waals surface area contributed by atoms with E-state index in [1.54, 1.807) is 0 Å². The van der Waals surface area contributed by atoms with Gasteiger partial charge in [0.1, 0.15) is 0 Å². The van der Waals surface area contributed by atoms with Gasteiger partial charge >= 0.3 is 7.12 Å². The number of hydrogen-bond donors (Lipinski definition) is 0. The lowest BCUT2D eigenvalue weighted by molar-refractivity contribution is 0.352. The third-order valence-corrected chi connectivity index (χ3v) is 8.28. The lowest BCUT2D eigenvalue weighted by atomic mass is 9.74. The van der Waals surface area contributed by atoms with E-state index in [1.807, 2.05) is 0 Å². The third kappa shape index (κ3) is 6.16. The van der Waals surface area contributed by atoms with Gasteiger partial charge in [0.25, 0.3) is 0 Å². The van der Waals surface area contributed by atoms with Crippen molar-refractivity contribution in [3.05, 3.63) is 146 Å². The molecule has 26 heteroatoms. The highest BCUT2D eigenvalue weighted by Crippen LogP contribution is 2.45. The molecule has 0 fully saturated rings. The van der Waals surface area contributed by atoms with E-state index >= 15 is 26.3 Å². The Morgan fingerprint density at radius 1 is 0.267 bits per heavy atom. The molecule has 0 aromatic heterocycles. The molecule has 0 heterocycles.